The molecule has 6 heteroatoms. The number of carbonyl (C=O) groups excluding carboxylic acids is 1. The predicted octanol–water partition coefficient (Wildman–Crippen LogP) is -0.427. The lowest BCUT2D eigenvalue weighted by atomic mass is 10.4. The highest BCUT2D eigenvalue weighted by Gasteiger charge is 2.06. The Morgan fingerprint density at radius 2 is 2.31 bits per heavy atom. The van der Waals surface area contributed by atoms with Gasteiger partial charge in [-0.2, -0.15) is 0 Å². The summed E-state index contributed by atoms with van der Waals surface area (Å²) in [6.07, 6.45) is 1.25. The fourth-order valence-electron chi connectivity index (χ4n) is 0.748. The lowest BCUT2D eigenvalue weighted by Crippen LogP contribution is -2.19. The Morgan fingerprint density at radius 1 is 1.62 bits per heavy atom. The first-order chi connectivity index (χ1) is 6.15. The van der Waals surface area contributed by atoms with Gasteiger partial charge in [-0.15, -0.1) is 0 Å². The van der Waals surface area contributed by atoms with Gasteiger partial charge in [0.25, 0.3) is 5.91 Å². The average Bonchev–Trinajstić information content (AvgIpc) is 2.17. The van der Waals surface area contributed by atoms with Gasteiger partial charge in [-0.3, -0.25) is 9.63 Å². The van der Waals surface area contributed by atoms with Crippen LogP contribution in [-0.2, 0) is 4.84 Å². The number of hydroxylamine groups is 1. The Labute approximate surface area is 75.3 Å². The standard InChI is InChI=1S/C7H10N4O2/c1-11(13-2)6-3-5(7(8)12)9-4-10-6/h3-4H,1-2H3,(H2,8,12). The van der Waals surface area contributed by atoms with Crippen LogP contribution in [0.5, 0.6) is 0 Å². The smallest absolute Gasteiger partial charge is 0.267 e. The second kappa shape index (κ2) is 3.81. The molecule has 0 radical (unpaired) electrons. The summed E-state index contributed by atoms with van der Waals surface area (Å²) in [6, 6.07) is 1.45. The average molecular weight is 182 g/mol. The molecule has 0 spiro atoms. The molecular formula is C7H10N4O2. The number of nitrogens with zero attached hydrogens (tertiary/aromatic N) is 3. The Bertz CT molecular complexity index is 315. The third kappa shape index (κ3) is 2.12. The highest BCUT2D eigenvalue weighted by molar-refractivity contribution is 5.91. The second-order valence-corrected chi connectivity index (χ2v) is 2.31. The van der Waals surface area contributed by atoms with Crippen molar-refractivity contribution in [2.45, 2.75) is 0 Å². The summed E-state index contributed by atoms with van der Waals surface area (Å²) in [7, 11) is 3.15. The van der Waals surface area contributed by atoms with Gasteiger partial charge in [0, 0.05) is 13.1 Å². The molecule has 0 saturated heterocycles. The lowest BCUT2D eigenvalue weighted by molar-refractivity contribution is 0.0995. The van der Waals surface area contributed by atoms with Gasteiger partial charge in [0.1, 0.15) is 12.0 Å². The van der Waals surface area contributed by atoms with E-state index in [2.05, 4.69) is 9.97 Å². The van der Waals surface area contributed by atoms with Gasteiger partial charge in [0.05, 0.1) is 7.11 Å². The third-order valence-corrected chi connectivity index (χ3v) is 1.50. The maximum atomic E-state index is 10.7. The minimum absolute atomic E-state index is 0.161. The molecule has 1 heterocycles. The molecule has 0 aliphatic heterocycles. The minimum Gasteiger partial charge on any atom is -0.364 e. The van der Waals surface area contributed by atoms with E-state index in [0.717, 1.165) is 0 Å². The number of primary amides is 1. The van der Waals surface area contributed by atoms with Crippen molar-refractivity contribution in [1.82, 2.24) is 9.97 Å². The molecule has 1 rings (SSSR count). The van der Waals surface area contributed by atoms with Gasteiger partial charge >= 0.3 is 0 Å². The number of aromatic nitrogens is 2. The van der Waals surface area contributed by atoms with Crippen molar-refractivity contribution in [3.63, 3.8) is 0 Å². The van der Waals surface area contributed by atoms with E-state index in [1.165, 1.54) is 24.6 Å². The molecule has 0 bridgehead atoms. The van der Waals surface area contributed by atoms with Crippen LogP contribution >= 0.6 is 0 Å². The number of rotatable bonds is 3. The van der Waals surface area contributed by atoms with Crippen molar-refractivity contribution in [1.29, 1.82) is 0 Å². The van der Waals surface area contributed by atoms with Crippen LogP contribution in [0.25, 0.3) is 0 Å². The molecule has 13 heavy (non-hydrogen) atoms. The summed E-state index contributed by atoms with van der Waals surface area (Å²) < 4.78 is 0. The van der Waals surface area contributed by atoms with Crippen molar-refractivity contribution < 1.29 is 9.63 Å². The van der Waals surface area contributed by atoms with Crippen LogP contribution in [-0.4, -0.2) is 30.0 Å². The largest absolute Gasteiger partial charge is 0.364 e. The van der Waals surface area contributed by atoms with Crippen LogP contribution in [0, 0.1) is 0 Å². The molecule has 0 aliphatic carbocycles. The van der Waals surface area contributed by atoms with Crippen molar-refractivity contribution >= 4 is 11.7 Å². The molecule has 1 aromatic rings. The predicted molar refractivity (Wildman–Crippen MR) is 46.0 cm³/mol. The van der Waals surface area contributed by atoms with Crippen LogP contribution in [0.3, 0.4) is 0 Å². The van der Waals surface area contributed by atoms with E-state index in [0.29, 0.717) is 5.82 Å². The van der Waals surface area contributed by atoms with Gasteiger partial charge in [-0.25, -0.2) is 15.0 Å². The van der Waals surface area contributed by atoms with Crippen molar-refractivity contribution in [2.75, 3.05) is 19.2 Å². The van der Waals surface area contributed by atoms with Gasteiger partial charge in [0.2, 0.25) is 0 Å². The van der Waals surface area contributed by atoms with Crippen molar-refractivity contribution in [2.24, 2.45) is 5.73 Å². The summed E-state index contributed by atoms with van der Waals surface area (Å²) in [5, 5.41) is 1.40. The topological polar surface area (TPSA) is 81.3 Å². The molecule has 0 aromatic carbocycles. The SMILES string of the molecule is CON(C)c1cc(C(N)=O)ncn1. The Balaban J connectivity index is 2.98. The van der Waals surface area contributed by atoms with Crippen LogP contribution in [0.2, 0.25) is 0 Å². The van der Waals surface area contributed by atoms with E-state index in [9.17, 15) is 4.79 Å². The zero-order chi connectivity index (χ0) is 9.84. The molecule has 70 valence electrons. The molecule has 0 atom stereocenters. The molecule has 2 N–H and O–H groups in total. The van der Waals surface area contributed by atoms with Crippen LogP contribution in [0.15, 0.2) is 12.4 Å². The highest BCUT2D eigenvalue weighted by atomic mass is 16.7. The third-order valence-electron chi connectivity index (χ3n) is 1.50. The first kappa shape index (κ1) is 9.40. The molecule has 1 aromatic heterocycles. The van der Waals surface area contributed by atoms with E-state index in [4.69, 9.17) is 10.6 Å². The summed E-state index contributed by atoms with van der Waals surface area (Å²) >= 11 is 0. The summed E-state index contributed by atoms with van der Waals surface area (Å²) in [6.45, 7) is 0. The fraction of sp³-hybridized carbons (Fsp3) is 0.286. The first-order valence-corrected chi connectivity index (χ1v) is 3.55. The summed E-state index contributed by atoms with van der Waals surface area (Å²) in [4.78, 5) is 23.2. The Kier molecular flexibility index (Phi) is 2.76. The highest BCUT2D eigenvalue weighted by Crippen LogP contribution is 2.07. The zero-order valence-electron chi connectivity index (χ0n) is 7.39. The van der Waals surface area contributed by atoms with E-state index in [1.807, 2.05) is 0 Å². The number of anilines is 1. The second-order valence-electron chi connectivity index (χ2n) is 2.31. The van der Waals surface area contributed by atoms with Crippen LogP contribution < -0.4 is 10.8 Å². The minimum atomic E-state index is -0.590. The van der Waals surface area contributed by atoms with Gasteiger partial charge < -0.3 is 5.73 Å². The molecule has 0 unspecified atom stereocenters. The van der Waals surface area contributed by atoms with E-state index >= 15 is 0 Å². The number of hydrogen-bond acceptors (Lipinski definition) is 5. The number of carbonyl (C=O) groups is 1. The molecule has 0 saturated carbocycles. The molecule has 0 aliphatic rings. The fourth-order valence-corrected chi connectivity index (χ4v) is 0.748. The zero-order valence-corrected chi connectivity index (χ0v) is 7.39. The molecule has 1 amide bonds. The van der Waals surface area contributed by atoms with Crippen molar-refractivity contribution in [3.05, 3.63) is 18.1 Å². The number of hydrogen-bond donors (Lipinski definition) is 1. The van der Waals surface area contributed by atoms with Crippen LogP contribution in [0.4, 0.5) is 5.82 Å². The first-order valence-electron chi connectivity index (χ1n) is 3.55. The number of nitrogens with two attached hydrogens (primary N) is 1. The molecule has 0 fully saturated rings. The monoisotopic (exact) mass is 182 g/mol. The summed E-state index contributed by atoms with van der Waals surface area (Å²) in [5.41, 5.74) is 5.20. The van der Waals surface area contributed by atoms with E-state index in [-0.39, 0.29) is 5.69 Å². The van der Waals surface area contributed by atoms with Gasteiger partial charge in [0.15, 0.2) is 5.82 Å². The molecule has 6 nitrogen and oxygen atoms in total. The normalized spacial score (nSPS) is 9.69. The van der Waals surface area contributed by atoms with E-state index < -0.39 is 5.91 Å². The lowest BCUT2D eigenvalue weighted by Gasteiger charge is -2.13. The Morgan fingerprint density at radius 3 is 2.85 bits per heavy atom. The quantitative estimate of drug-likeness (QED) is 0.641. The summed E-state index contributed by atoms with van der Waals surface area (Å²) in [5.74, 6) is -0.112. The van der Waals surface area contributed by atoms with Crippen molar-refractivity contribution in [3.8, 4) is 0 Å². The van der Waals surface area contributed by atoms with Crippen LogP contribution in [0.1, 0.15) is 10.5 Å². The number of amides is 1. The van der Waals surface area contributed by atoms with Gasteiger partial charge in [-0.05, 0) is 0 Å². The Hall–Kier alpha value is -1.69. The molecular weight excluding hydrogens is 172 g/mol. The maximum Gasteiger partial charge on any atom is 0.267 e. The van der Waals surface area contributed by atoms with E-state index in [1.54, 1.807) is 7.05 Å². The maximum absolute atomic E-state index is 10.7. The van der Waals surface area contributed by atoms with Gasteiger partial charge in [-0.1, -0.05) is 0 Å².